The Morgan fingerprint density at radius 1 is 1.86 bits per heavy atom. The fraction of sp³-hybridized carbons (Fsp3) is 1.00. The minimum atomic E-state index is -0.106. The molecule has 2 N–H and O–H groups in total. The molecule has 0 aromatic heterocycles. The second kappa shape index (κ2) is 4.05. The van der Waals surface area contributed by atoms with E-state index in [2.05, 4.69) is 5.48 Å². The first kappa shape index (κ1) is 6.88. The van der Waals surface area contributed by atoms with Gasteiger partial charge in [-0.25, -0.2) is 5.48 Å². The van der Waals surface area contributed by atoms with Gasteiger partial charge in [-0.1, -0.05) is 0 Å². The molecular formula is C4H11NO2. The van der Waals surface area contributed by atoms with Crippen LogP contribution in [0.4, 0.5) is 0 Å². The van der Waals surface area contributed by atoms with Crippen LogP contribution in [0.2, 0.25) is 0 Å². The van der Waals surface area contributed by atoms with Crippen LogP contribution < -0.4 is 5.48 Å². The zero-order valence-corrected chi connectivity index (χ0v) is 4.64. The molecule has 0 bridgehead atoms. The van der Waals surface area contributed by atoms with Crippen molar-refractivity contribution >= 4 is 0 Å². The summed E-state index contributed by atoms with van der Waals surface area (Å²) < 4.78 is 0. The van der Waals surface area contributed by atoms with Gasteiger partial charge >= 0.3 is 0 Å². The lowest BCUT2D eigenvalue weighted by molar-refractivity contribution is -0.0294. The minimum absolute atomic E-state index is 0.0564. The van der Waals surface area contributed by atoms with E-state index in [-0.39, 0.29) is 12.7 Å². The molecule has 0 aromatic carbocycles. The molecule has 0 aliphatic heterocycles. The van der Waals surface area contributed by atoms with Crippen molar-refractivity contribution < 1.29 is 9.94 Å². The number of hydroxylamine groups is 1. The van der Waals surface area contributed by atoms with E-state index in [9.17, 15) is 0 Å². The number of hydrogen-bond donors (Lipinski definition) is 2. The molecular weight excluding hydrogens is 94.0 g/mol. The molecule has 0 rings (SSSR count). The predicted octanol–water partition coefficient (Wildman–Crippen LogP) is -0.482. The van der Waals surface area contributed by atoms with Crippen LogP contribution in [0.3, 0.4) is 0 Å². The van der Waals surface area contributed by atoms with E-state index in [1.165, 1.54) is 0 Å². The number of nitrogens with one attached hydrogen (secondary N) is 1. The minimum Gasteiger partial charge on any atom is -0.394 e. The Hall–Kier alpha value is -0.120. The van der Waals surface area contributed by atoms with Crippen molar-refractivity contribution in [2.75, 3.05) is 13.7 Å². The maximum atomic E-state index is 8.30. The lowest BCUT2D eigenvalue weighted by Gasteiger charge is -2.05. The first-order chi connectivity index (χ1) is 3.31. The summed E-state index contributed by atoms with van der Waals surface area (Å²) in [6.45, 7) is 1.83. The van der Waals surface area contributed by atoms with Gasteiger partial charge in [0.05, 0.1) is 12.7 Å². The molecule has 1 unspecified atom stereocenters. The Bertz CT molecular complexity index is 40.7. The molecule has 0 spiro atoms. The highest BCUT2D eigenvalue weighted by Gasteiger charge is 1.93. The van der Waals surface area contributed by atoms with Crippen molar-refractivity contribution in [2.45, 2.75) is 13.0 Å². The van der Waals surface area contributed by atoms with Gasteiger partial charge in [-0.05, 0) is 6.92 Å². The second-order valence-corrected chi connectivity index (χ2v) is 1.32. The highest BCUT2D eigenvalue weighted by atomic mass is 16.7. The highest BCUT2D eigenvalue weighted by Crippen LogP contribution is 1.80. The van der Waals surface area contributed by atoms with Gasteiger partial charge in [-0.2, -0.15) is 0 Å². The predicted molar refractivity (Wildman–Crippen MR) is 26.7 cm³/mol. The fourth-order valence-electron chi connectivity index (χ4n) is 0.238. The molecule has 0 radical (unpaired) electrons. The summed E-state index contributed by atoms with van der Waals surface area (Å²) in [7, 11) is 1.66. The van der Waals surface area contributed by atoms with Crippen LogP contribution >= 0.6 is 0 Å². The molecule has 0 saturated carbocycles. The molecule has 3 heteroatoms. The molecule has 0 amide bonds. The number of aliphatic hydroxyl groups is 1. The average Bonchev–Trinajstić information content (AvgIpc) is 1.68. The van der Waals surface area contributed by atoms with Crippen LogP contribution in [0.1, 0.15) is 6.92 Å². The maximum absolute atomic E-state index is 8.30. The molecule has 0 aliphatic carbocycles. The van der Waals surface area contributed by atoms with Crippen molar-refractivity contribution in [3.05, 3.63) is 0 Å². The summed E-state index contributed by atoms with van der Waals surface area (Å²) in [5.41, 5.74) is 2.46. The zero-order valence-electron chi connectivity index (χ0n) is 4.64. The van der Waals surface area contributed by atoms with E-state index in [0.717, 1.165) is 0 Å². The van der Waals surface area contributed by atoms with E-state index in [4.69, 9.17) is 9.94 Å². The van der Waals surface area contributed by atoms with Crippen molar-refractivity contribution in [3.8, 4) is 0 Å². The van der Waals surface area contributed by atoms with Crippen LogP contribution in [-0.4, -0.2) is 24.9 Å². The molecule has 44 valence electrons. The third kappa shape index (κ3) is 3.72. The van der Waals surface area contributed by atoms with E-state index >= 15 is 0 Å². The highest BCUT2D eigenvalue weighted by molar-refractivity contribution is 4.38. The van der Waals surface area contributed by atoms with Gasteiger partial charge in [-0.15, -0.1) is 0 Å². The first-order valence-electron chi connectivity index (χ1n) is 2.24. The summed E-state index contributed by atoms with van der Waals surface area (Å²) in [4.78, 5) is 4.69. The monoisotopic (exact) mass is 105 g/mol. The third-order valence-electron chi connectivity index (χ3n) is 0.576. The van der Waals surface area contributed by atoms with Gasteiger partial charge in [0.15, 0.2) is 0 Å². The van der Waals surface area contributed by atoms with Crippen LogP contribution in [0.5, 0.6) is 0 Å². The van der Waals surface area contributed by atoms with E-state index in [1.54, 1.807) is 14.0 Å². The summed E-state index contributed by atoms with van der Waals surface area (Å²) >= 11 is 0. The van der Waals surface area contributed by atoms with Crippen molar-refractivity contribution in [3.63, 3.8) is 0 Å². The topological polar surface area (TPSA) is 41.5 Å². The number of rotatable bonds is 3. The Morgan fingerprint density at radius 3 is 2.57 bits per heavy atom. The molecule has 0 heterocycles. The van der Waals surface area contributed by atoms with Crippen molar-refractivity contribution in [1.29, 1.82) is 0 Å². The molecule has 0 aliphatic rings. The molecule has 0 aromatic rings. The van der Waals surface area contributed by atoms with E-state index in [0.29, 0.717) is 0 Å². The second-order valence-electron chi connectivity index (χ2n) is 1.32. The standard InChI is InChI=1S/C4H11NO2/c1-4(3-6)7-5-2/h4-6H,3H2,1-2H3. The van der Waals surface area contributed by atoms with Gasteiger partial charge in [0.2, 0.25) is 0 Å². The summed E-state index contributed by atoms with van der Waals surface area (Å²) in [6.07, 6.45) is -0.106. The Morgan fingerprint density at radius 2 is 2.43 bits per heavy atom. The lowest BCUT2D eigenvalue weighted by atomic mass is 10.5. The van der Waals surface area contributed by atoms with Crippen molar-refractivity contribution in [2.24, 2.45) is 0 Å². The van der Waals surface area contributed by atoms with E-state index in [1.807, 2.05) is 0 Å². The van der Waals surface area contributed by atoms with Gasteiger partial charge in [0.1, 0.15) is 0 Å². The quantitative estimate of drug-likeness (QED) is 0.476. The SMILES string of the molecule is CNOC(C)CO. The van der Waals surface area contributed by atoms with Crippen LogP contribution in [0.15, 0.2) is 0 Å². The van der Waals surface area contributed by atoms with Gasteiger partial charge in [-0.3, -0.25) is 4.84 Å². The number of hydrogen-bond acceptors (Lipinski definition) is 3. The third-order valence-corrected chi connectivity index (χ3v) is 0.576. The molecule has 3 nitrogen and oxygen atoms in total. The maximum Gasteiger partial charge on any atom is 0.0992 e. The van der Waals surface area contributed by atoms with E-state index < -0.39 is 0 Å². The summed E-state index contributed by atoms with van der Waals surface area (Å²) in [6, 6.07) is 0. The number of aliphatic hydroxyl groups excluding tert-OH is 1. The summed E-state index contributed by atoms with van der Waals surface area (Å²) in [5, 5.41) is 8.30. The van der Waals surface area contributed by atoms with Crippen LogP contribution in [0, 0.1) is 0 Å². The van der Waals surface area contributed by atoms with Crippen LogP contribution in [0.25, 0.3) is 0 Å². The van der Waals surface area contributed by atoms with Crippen LogP contribution in [-0.2, 0) is 4.84 Å². The van der Waals surface area contributed by atoms with Gasteiger partial charge < -0.3 is 5.11 Å². The lowest BCUT2D eigenvalue weighted by Crippen LogP contribution is -2.20. The van der Waals surface area contributed by atoms with Gasteiger partial charge in [0, 0.05) is 7.05 Å². The fourth-order valence-corrected chi connectivity index (χ4v) is 0.238. The Labute approximate surface area is 43.2 Å². The zero-order chi connectivity index (χ0) is 5.70. The Kier molecular flexibility index (Phi) is 3.98. The largest absolute Gasteiger partial charge is 0.394 e. The molecule has 0 saturated heterocycles. The van der Waals surface area contributed by atoms with Gasteiger partial charge in [0.25, 0.3) is 0 Å². The smallest absolute Gasteiger partial charge is 0.0992 e. The van der Waals surface area contributed by atoms with Crippen molar-refractivity contribution in [1.82, 2.24) is 5.48 Å². The normalized spacial score (nSPS) is 14.1. The molecule has 0 fully saturated rings. The Balaban J connectivity index is 2.83. The average molecular weight is 105 g/mol. The molecule has 1 atom stereocenters. The summed E-state index contributed by atoms with van der Waals surface area (Å²) in [5.74, 6) is 0. The molecule has 7 heavy (non-hydrogen) atoms. The first-order valence-corrected chi connectivity index (χ1v) is 2.24.